The Bertz CT molecular complexity index is 1060. The number of hydrogen-bond acceptors (Lipinski definition) is 7. The van der Waals surface area contributed by atoms with E-state index in [0.29, 0.717) is 25.0 Å². The zero-order valence-electron chi connectivity index (χ0n) is 19.3. The van der Waals surface area contributed by atoms with E-state index in [1.807, 2.05) is 6.07 Å². The van der Waals surface area contributed by atoms with E-state index in [-0.39, 0.29) is 17.8 Å². The van der Waals surface area contributed by atoms with Crippen molar-refractivity contribution in [3.63, 3.8) is 0 Å². The number of fused-ring (bicyclic) bond motifs is 1. The van der Waals surface area contributed by atoms with Crippen LogP contribution in [0.1, 0.15) is 24.0 Å². The summed E-state index contributed by atoms with van der Waals surface area (Å²) in [5.41, 5.74) is 3.54. The van der Waals surface area contributed by atoms with Crippen molar-refractivity contribution in [2.24, 2.45) is 5.92 Å². The standard InChI is InChI=1S/C25H31FN6O2/c1-2-23(33)32-8-3-4-21(14-32)28-24-22(26)11-27-25(30-24)29-20-6-5-18-7-9-31(13-19(18)10-20)12-17-15-34-16-17/h2,5-6,10-11,17,21H,1,3-4,7-9,12-16H2,(H2,27,28,29,30)/t21-/m1/s1. The van der Waals surface area contributed by atoms with Gasteiger partial charge in [0.05, 0.1) is 19.4 Å². The minimum atomic E-state index is -0.515. The van der Waals surface area contributed by atoms with Crippen molar-refractivity contribution in [2.75, 3.05) is 50.0 Å². The highest BCUT2D eigenvalue weighted by Gasteiger charge is 2.25. The van der Waals surface area contributed by atoms with Crippen molar-refractivity contribution in [1.29, 1.82) is 0 Å². The van der Waals surface area contributed by atoms with Gasteiger partial charge in [-0.15, -0.1) is 0 Å². The number of nitrogens with zero attached hydrogens (tertiary/aromatic N) is 4. The molecule has 4 heterocycles. The Morgan fingerprint density at radius 3 is 2.97 bits per heavy atom. The van der Waals surface area contributed by atoms with E-state index in [2.05, 4.69) is 44.2 Å². The number of carbonyl (C=O) groups is 1. The number of benzene rings is 1. The molecule has 0 spiro atoms. The summed E-state index contributed by atoms with van der Waals surface area (Å²) in [5, 5.41) is 6.39. The first-order chi connectivity index (χ1) is 16.6. The monoisotopic (exact) mass is 466 g/mol. The van der Waals surface area contributed by atoms with Crippen molar-refractivity contribution in [1.82, 2.24) is 19.8 Å². The number of halogens is 1. The Kier molecular flexibility index (Phi) is 6.73. The maximum absolute atomic E-state index is 14.5. The average molecular weight is 467 g/mol. The van der Waals surface area contributed by atoms with Gasteiger partial charge in [-0.2, -0.15) is 4.98 Å². The summed E-state index contributed by atoms with van der Waals surface area (Å²) in [6.07, 6.45) is 5.21. The first-order valence-corrected chi connectivity index (χ1v) is 12.0. The summed E-state index contributed by atoms with van der Waals surface area (Å²) >= 11 is 0. The molecule has 180 valence electrons. The molecule has 8 nitrogen and oxygen atoms in total. The van der Waals surface area contributed by atoms with Crippen LogP contribution in [0.15, 0.2) is 37.1 Å². The molecular weight excluding hydrogens is 435 g/mol. The third-order valence-corrected chi connectivity index (χ3v) is 6.77. The fourth-order valence-corrected chi connectivity index (χ4v) is 4.88. The molecule has 5 rings (SSSR count). The van der Waals surface area contributed by atoms with Gasteiger partial charge in [0.1, 0.15) is 0 Å². The highest BCUT2D eigenvalue weighted by molar-refractivity contribution is 5.87. The molecule has 0 aliphatic carbocycles. The highest BCUT2D eigenvalue weighted by atomic mass is 19.1. The molecule has 0 bridgehead atoms. The topological polar surface area (TPSA) is 82.6 Å². The maximum atomic E-state index is 14.5. The normalized spacial score (nSPS) is 20.9. The number of carbonyl (C=O) groups excluding carboxylic acids is 1. The van der Waals surface area contributed by atoms with Gasteiger partial charge in [0.25, 0.3) is 0 Å². The SMILES string of the molecule is C=CC(=O)N1CCC[C@@H](Nc2nc(Nc3ccc4c(c3)CN(CC3COC3)CC4)ncc2F)C1. The van der Waals surface area contributed by atoms with Crippen molar-refractivity contribution >= 4 is 23.4 Å². The lowest BCUT2D eigenvalue weighted by atomic mass is 9.97. The smallest absolute Gasteiger partial charge is 0.246 e. The van der Waals surface area contributed by atoms with Gasteiger partial charge in [-0.25, -0.2) is 9.37 Å². The maximum Gasteiger partial charge on any atom is 0.246 e. The van der Waals surface area contributed by atoms with E-state index in [9.17, 15) is 9.18 Å². The lowest BCUT2D eigenvalue weighted by molar-refractivity contribution is -0.127. The molecule has 34 heavy (non-hydrogen) atoms. The molecule has 1 aromatic heterocycles. The molecule has 1 aromatic carbocycles. The van der Waals surface area contributed by atoms with Crippen LogP contribution >= 0.6 is 0 Å². The first kappa shape index (κ1) is 22.7. The van der Waals surface area contributed by atoms with Gasteiger partial charge in [-0.05, 0) is 48.6 Å². The molecule has 0 unspecified atom stereocenters. The predicted octanol–water partition coefficient (Wildman–Crippen LogP) is 2.95. The zero-order chi connectivity index (χ0) is 23.5. The van der Waals surface area contributed by atoms with Gasteiger partial charge < -0.3 is 20.3 Å². The zero-order valence-corrected chi connectivity index (χ0v) is 19.3. The van der Waals surface area contributed by atoms with Crippen molar-refractivity contribution in [2.45, 2.75) is 31.8 Å². The Hall–Kier alpha value is -3.04. The number of ether oxygens (including phenoxy) is 1. The van der Waals surface area contributed by atoms with Crippen LogP contribution < -0.4 is 10.6 Å². The van der Waals surface area contributed by atoms with Gasteiger partial charge in [-0.1, -0.05) is 12.6 Å². The number of nitrogens with one attached hydrogen (secondary N) is 2. The molecule has 2 saturated heterocycles. The van der Waals surface area contributed by atoms with E-state index < -0.39 is 5.82 Å². The van der Waals surface area contributed by atoms with E-state index in [1.165, 1.54) is 23.4 Å². The molecule has 1 atom stereocenters. The van der Waals surface area contributed by atoms with Crippen LogP contribution in [0.25, 0.3) is 0 Å². The first-order valence-electron chi connectivity index (χ1n) is 12.0. The minimum Gasteiger partial charge on any atom is -0.381 e. The number of aromatic nitrogens is 2. The van der Waals surface area contributed by atoms with Crippen LogP contribution in [0.2, 0.25) is 0 Å². The molecule has 0 saturated carbocycles. The van der Waals surface area contributed by atoms with E-state index in [0.717, 1.165) is 57.8 Å². The van der Waals surface area contributed by atoms with Crippen molar-refractivity contribution in [3.8, 4) is 0 Å². The van der Waals surface area contributed by atoms with Crippen LogP contribution in [0.5, 0.6) is 0 Å². The summed E-state index contributed by atoms with van der Waals surface area (Å²) < 4.78 is 19.8. The summed E-state index contributed by atoms with van der Waals surface area (Å²) in [4.78, 5) is 24.7. The summed E-state index contributed by atoms with van der Waals surface area (Å²) in [5.74, 6) is 0.496. The number of amides is 1. The molecule has 1 amide bonds. The van der Waals surface area contributed by atoms with Crippen LogP contribution in [0.4, 0.5) is 21.8 Å². The molecule has 9 heteroatoms. The van der Waals surface area contributed by atoms with Crippen LogP contribution in [0.3, 0.4) is 0 Å². The fraction of sp³-hybridized carbons (Fsp3) is 0.480. The Labute approximate surface area is 199 Å². The Morgan fingerprint density at radius 1 is 1.29 bits per heavy atom. The molecule has 3 aliphatic rings. The molecule has 0 radical (unpaired) electrons. The lowest BCUT2D eigenvalue weighted by Gasteiger charge is -2.35. The van der Waals surface area contributed by atoms with Crippen LogP contribution in [0, 0.1) is 11.7 Å². The van der Waals surface area contributed by atoms with Gasteiger partial charge in [0.15, 0.2) is 11.6 Å². The Morgan fingerprint density at radius 2 is 2.18 bits per heavy atom. The van der Waals surface area contributed by atoms with Gasteiger partial charge >= 0.3 is 0 Å². The van der Waals surface area contributed by atoms with Crippen molar-refractivity contribution < 1.29 is 13.9 Å². The molecule has 3 aliphatic heterocycles. The highest BCUT2D eigenvalue weighted by Crippen LogP contribution is 2.26. The molecule has 2 N–H and O–H groups in total. The summed E-state index contributed by atoms with van der Waals surface area (Å²) in [6.45, 7) is 9.53. The van der Waals surface area contributed by atoms with Gasteiger partial charge in [0, 0.05) is 50.4 Å². The quantitative estimate of drug-likeness (QED) is 0.607. The second-order valence-electron chi connectivity index (χ2n) is 9.36. The second kappa shape index (κ2) is 10.1. The fourth-order valence-electron chi connectivity index (χ4n) is 4.88. The van der Waals surface area contributed by atoms with E-state index >= 15 is 0 Å². The van der Waals surface area contributed by atoms with Gasteiger partial charge in [-0.3, -0.25) is 9.69 Å². The number of likely N-dealkylation sites (tertiary alicyclic amines) is 1. The Balaban J connectivity index is 1.24. The molecule has 2 aromatic rings. The number of anilines is 3. The second-order valence-corrected chi connectivity index (χ2v) is 9.36. The molecular formula is C25H31FN6O2. The minimum absolute atomic E-state index is 0.0781. The lowest BCUT2D eigenvalue weighted by Crippen LogP contribution is -2.44. The van der Waals surface area contributed by atoms with E-state index in [1.54, 1.807) is 4.90 Å². The third-order valence-electron chi connectivity index (χ3n) is 6.77. The molecule has 2 fully saturated rings. The number of hydrogen-bond donors (Lipinski definition) is 2. The summed E-state index contributed by atoms with van der Waals surface area (Å²) in [6, 6.07) is 6.23. The van der Waals surface area contributed by atoms with Gasteiger partial charge in [0.2, 0.25) is 11.9 Å². The number of piperidine rings is 1. The largest absolute Gasteiger partial charge is 0.381 e. The third kappa shape index (κ3) is 5.20. The average Bonchev–Trinajstić information content (AvgIpc) is 2.83. The predicted molar refractivity (Wildman–Crippen MR) is 128 cm³/mol. The number of rotatable bonds is 7. The van der Waals surface area contributed by atoms with Crippen LogP contribution in [-0.4, -0.2) is 71.1 Å². The van der Waals surface area contributed by atoms with Crippen LogP contribution in [-0.2, 0) is 22.5 Å². The van der Waals surface area contributed by atoms with E-state index in [4.69, 9.17) is 4.74 Å². The summed E-state index contributed by atoms with van der Waals surface area (Å²) in [7, 11) is 0. The van der Waals surface area contributed by atoms with Crippen molar-refractivity contribution in [3.05, 3.63) is 54.0 Å².